The largest absolute Gasteiger partial charge is 0.381 e. The molecule has 1 nitrogen and oxygen atoms in total. The van der Waals surface area contributed by atoms with E-state index >= 15 is 0 Å². The summed E-state index contributed by atoms with van der Waals surface area (Å²) in [5.41, 5.74) is 0. The van der Waals surface area contributed by atoms with E-state index < -0.39 is 13.3 Å². The zero-order valence-corrected chi connectivity index (χ0v) is 15.1. The summed E-state index contributed by atoms with van der Waals surface area (Å²) in [4.78, 5) is 0. The Morgan fingerprint density at radius 1 is 1.20 bits per heavy atom. The molecule has 0 heterocycles. The molecule has 1 unspecified atom stereocenters. The van der Waals surface area contributed by atoms with Gasteiger partial charge >= 0.3 is 0 Å². The van der Waals surface area contributed by atoms with Crippen molar-refractivity contribution in [3.05, 3.63) is 12.7 Å². The van der Waals surface area contributed by atoms with Crippen molar-refractivity contribution in [2.45, 2.75) is 82.7 Å². The Balaban J connectivity index is 3.02. The highest BCUT2D eigenvalue weighted by Gasteiger charge is 2.51. The van der Waals surface area contributed by atoms with Crippen molar-refractivity contribution in [2.75, 3.05) is 0 Å². The van der Waals surface area contributed by atoms with Crippen molar-refractivity contribution in [2.24, 2.45) is 5.92 Å². The Bertz CT molecular complexity index is 388. The maximum absolute atomic E-state index is 11.2. The highest BCUT2D eigenvalue weighted by molar-refractivity contribution is 6.83. The van der Waals surface area contributed by atoms with Gasteiger partial charge in [0.2, 0.25) is 0 Å². The van der Waals surface area contributed by atoms with Gasteiger partial charge in [0.15, 0.2) is 0 Å². The van der Waals surface area contributed by atoms with E-state index in [1.54, 1.807) is 0 Å². The standard InChI is InChI=1S/C18H32OSi/c1-7-14-18(19,20(5,6)17(2,3)4)15-13-16-11-9-8-10-12-16/h7,16,19H,1,8-12,14H2,2-6H3. The molecular weight excluding hydrogens is 260 g/mol. The lowest BCUT2D eigenvalue weighted by Gasteiger charge is -2.46. The summed E-state index contributed by atoms with van der Waals surface area (Å²) in [6.07, 6.45) is 8.75. The van der Waals surface area contributed by atoms with E-state index in [-0.39, 0.29) is 5.04 Å². The van der Waals surface area contributed by atoms with E-state index in [2.05, 4.69) is 52.3 Å². The van der Waals surface area contributed by atoms with Crippen LogP contribution in [0.3, 0.4) is 0 Å². The summed E-state index contributed by atoms with van der Waals surface area (Å²) in [5, 5.41) is 10.5. The Hall–Kier alpha value is -0.523. The lowest BCUT2D eigenvalue weighted by molar-refractivity contribution is 0.173. The van der Waals surface area contributed by atoms with Crippen molar-refractivity contribution >= 4 is 8.07 Å². The average molecular weight is 293 g/mol. The number of hydrogen-bond donors (Lipinski definition) is 1. The van der Waals surface area contributed by atoms with Gasteiger partial charge in [0, 0.05) is 12.3 Å². The first kappa shape index (κ1) is 17.5. The van der Waals surface area contributed by atoms with Crippen LogP contribution in [0.4, 0.5) is 0 Å². The average Bonchev–Trinajstić information content (AvgIpc) is 2.36. The third-order valence-electron chi connectivity index (χ3n) is 5.44. The molecule has 0 aromatic heterocycles. The van der Waals surface area contributed by atoms with Gasteiger partial charge in [-0.15, -0.1) is 6.58 Å². The van der Waals surface area contributed by atoms with Gasteiger partial charge in [0.05, 0.1) is 0 Å². The van der Waals surface area contributed by atoms with Crippen LogP contribution in [0.15, 0.2) is 12.7 Å². The van der Waals surface area contributed by atoms with Gasteiger partial charge in [-0.1, -0.05) is 71.0 Å². The first-order valence-electron chi connectivity index (χ1n) is 8.00. The van der Waals surface area contributed by atoms with Crippen LogP contribution >= 0.6 is 0 Å². The highest BCUT2D eigenvalue weighted by atomic mass is 28.3. The van der Waals surface area contributed by atoms with Gasteiger partial charge in [-0.25, -0.2) is 0 Å². The van der Waals surface area contributed by atoms with Crippen molar-refractivity contribution in [3.8, 4) is 11.8 Å². The molecule has 0 bridgehead atoms. The molecule has 1 fully saturated rings. The Labute approximate surface area is 126 Å². The van der Waals surface area contributed by atoms with E-state index in [1.165, 1.54) is 32.1 Å². The first-order chi connectivity index (χ1) is 9.14. The number of aliphatic hydroxyl groups is 1. The third-order valence-corrected chi connectivity index (χ3v) is 11.6. The number of hydrogen-bond acceptors (Lipinski definition) is 1. The van der Waals surface area contributed by atoms with Crippen LogP contribution in [0.25, 0.3) is 0 Å². The van der Waals surface area contributed by atoms with Gasteiger partial charge in [0.1, 0.15) is 13.3 Å². The van der Waals surface area contributed by atoms with Crippen LogP contribution in [-0.4, -0.2) is 18.4 Å². The lowest BCUT2D eigenvalue weighted by Crippen LogP contribution is -2.58. The summed E-state index contributed by atoms with van der Waals surface area (Å²) < 4.78 is 0. The minimum absolute atomic E-state index is 0.117. The third kappa shape index (κ3) is 3.77. The van der Waals surface area contributed by atoms with E-state index in [1.807, 2.05) is 6.08 Å². The second-order valence-electron chi connectivity index (χ2n) is 7.83. The molecule has 114 valence electrons. The molecule has 20 heavy (non-hydrogen) atoms. The van der Waals surface area contributed by atoms with Crippen molar-refractivity contribution in [1.82, 2.24) is 0 Å². The topological polar surface area (TPSA) is 20.2 Å². The molecule has 1 rings (SSSR count). The second-order valence-corrected chi connectivity index (χ2v) is 13.4. The van der Waals surface area contributed by atoms with Crippen molar-refractivity contribution < 1.29 is 5.11 Å². The summed E-state index contributed by atoms with van der Waals surface area (Å²) in [6, 6.07) is 0. The van der Waals surface area contributed by atoms with Crippen molar-refractivity contribution in [1.29, 1.82) is 0 Å². The molecule has 1 N–H and O–H groups in total. The van der Waals surface area contributed by atoms with E-state index in [9.17, 15) is 5.11 Å². The molecular formula is C18H32OSi. The van der Waals surface area contributed by atoms with Gasteiger partial charge < -0.3 is 5.11 Å². The lowest BCUT2D eigenvalue weighted by atomic mass is 9.89. The summed E-state index contributed by atoms with van der Waals surface area (Å²) in [6.45, 7) is 15.0. The maximum Gasteiger partial charge on any atom is 0.116 e. The van der Waals surface area contributed by atoms with Gasteiger partial charge in [-0.3, -0.25) is 0 Å². The first-order valence-corrected chi connectivity index (χ1v) is 11.0. The Morgan fingerprint density at radius 2 is 1.75 bits per heavy atom. The molecule has 0 amide bonds. The molecule has 0 spiro atoms. The van der Waals surface area contributed by atoms with E-state index in [0.717, 1.165) is 0 Å². The molecule has 1 aliphatic rings. The molecule has 1 atom stereocenters. The summed E-state index contributed by atoms with van der Waals surface area (Å²) in [7, 11) is -1.95. The molecule has 2 heteroatoms. The maximum atomic E-state index is 11.2. The minimum atomic E-state index is -1.95. The van der Waals surface area contributed by atoms with Crippen LogP contribution in [0, 0.1) is 17.8 Å². The molecule has 0 saturated heterocycles. The smallest absolute Gasteiger partial charge is 0.116 e. The fourth-order valence-electron chi connectivity index (χ4n) is 2.76. The van der Waals surface area contributed by atoms with Gasteiger partial charge in [-0.2, -0.15) is 0 Å². The van der Waals surface area contributed by atoms with Crippen LogP contribution < -0.4 is 0 Å². The van der Waals surface area contributed by atoms with Crippen LogP contribution in [0.1, 0.15) is 59.3 Å². The minimum Gasteiger partial charge on any atom is -0.381 e. The second kappa shape index (κ2) is 6.50. The monoisotopic (exact) mass is 292 g/mol. The SMILES string of the molecule is C=CCC(O)(C#CC1CCCCC1)[Si](C)(C)C(C)(C)C. The van der Waals surface area contributed by atoms with Crippen molar-refractivity contribution in [3.63, 3.8) is 0 Å². The number of rotatable bonds is 3. The molecule has 0 radical (unpaired) electrons. The predicted octanol–water partition coefficient (Wildman–Crippen LogP) is 4.93. The molecule has 0 aliphatic heterocycles. The summed E-state index contributed by atoms with van der Waals surface area (Å²) >= 11 is 0. The van der Waals surface area contributed by atoms with E-state index in [4.69, 9.17) is 0 Å². The van der Waals surface area contributed by atoms with Crippen LogP contribution in [0.5, 0.6) is 0 Å². The van der Waals surface area contributed by atoms with Crippen LogP contribution in [0.2, 0.25) is 18.1 Å². The van der Waals surface area contributed by atoms with Gasteiger partial charge in [0.25, 0.3) is 0 Å². The Morgan fingerprint density at radius 3 is 2.20 bits per heavy atom. The zero-order chi connectivity index (χ0) is 15.4. The van der Waals surface area contributed by atoms with Crippen LogP contribution in [-0.2, 0) is 0 Å². The molecule has 1 aliphatic carbocycles. The van der Waals surface area contributed by atoms with E-state index in [0.29, 0.717) is 12.3 Å². The fourth-order valence-corrected chi connectivity index (χ4v) is 5.04. The molecule has 0 aromatic rings. The zero-order valence-electron chi connectivity index (χ0n) is 14.1. The fraction of sp³-hybridized carbons (Fsp3) is 0.778. The van der Waals surface area contributed by atoms with Gasteiger partial charge in [-0.05, 0) is 17.9 Å². The quantitative estimate of drug-likeness (QED) is 0.444. The summed E-state index contributed by atoms with van der Waals surface area (Å²) in [5.74, 6) is 7.21. The normalized spacial score (nSPS) is 20.7. The highest BCUT2D eigenvalue weighted by Crippen LogP contribution is 2.44. The molecule has 0 aromatic carbocycles. The predicted molar refractivity (Wildman–Crippen MR) is 91.3 cm³/mol. The molecule has 1 saturated carbocycles. The Kier molecular flexibility index (Phi) is 5.69.